The zero-order valence-electron chi connectivity index (χ0n) is 9.95. The van der Waals surface area contributed by atoms with Crippen LogP contribution in [-0.4, -0.2) is 11.6 Å². The van der Waals surface area contributed by atoms with Crippen molar-refractivity contribution in [2.45, 2.75) is 13.1 Å². The molecular formula is C12H10F3N3O. The number of hydrogen-bond donors (Lipinski definition) is 1. The van der Waals surface area contributed by atoms with Crippen molar-refractivity contribution in [3.05, 3.63) is 29.8 Å². The van der Waals surface area contributed by atoms with Crippen molar-refractivity contribution in [2.24, 2.45) is 5.11 Å². The average molecular weight is 269 g/mol. The number of nitrogens with one attached hydrogen (secondary N) is 1. The first-order valence-corrected chi connectivity index (χ1v) is 5.48. The molecule has 0 saturated heterocycles. The van der Waals surface area contributed by atoms with E-state index in [2.05, 4.69) is 10.1 Å². The van der Waals surface area contributed by atoms with Gasteiger partial charge in [-0.2, -0.15) is 18.3 Å². The van der Waals surface area contributed by atoms with Crippen molar-refractivity contribution < 1.29 is 17.9 Å². The highest BCUT2D eigenvalue weighted by atomic mass is 19.4. The quantitative estimate of drug-likeness (QED) is 0.844. The molecular weight excluding hydrogens is 259 g/mol. The van der Waals surface area contributed by atoms with Crippen LogP contribution in [0.25, 0.3) is 10.9 Å². The minimum atomic E-state index is -4.49. The van der Waals surface area contributed by atoms with Crippen molar-refractivity contribution in [1.29, 1.82) is 5.53 Å². The third-order valence-electron chi connectivity index (χ3n) is 2.50. The van der Waals surface area contributed by atoms with Crippen molar-refractivity contribution in [1.82, 2.24) is 4.98 Å². The fourth-order valence-electron chi connectivity index (χ4n) is 1.72. The maximum Gasteiger partial charge on any atom is 0.417 e. The SMILES string of the molecule is CCOc1cc(C(F)(F)F)c2ccc(N=N)cc2n1. The standard InChI is InChI=1S/C12H10F3N3O/c1-2-19-11-6-9(12(13,14)15)8-4-3-7(18-16)5-10(8)17-11/h3-6,16H,2H2,1H3. The number of hydrogen-bond acceptors (Lipinski definition) is 4. The molecule has 0 atom stereocenters. The molecule has 1 aromatic carbocycles. The molecule has 1 N–H and O–H groups in total. The number of nitrogens with zero attached hydrogens (tertiary/aromatic N) is 2. The molecule has 0 amide bonds. The summed E-state index contributed by atoms with van der Waals surface area (Å²) in [6, 6.07) is 4.80. The first-order chi connectivity index (χ1) is 8.95. The molecule has 0 radical (unpaired) electrons. The summed E-state index contributed by atoms with van der Waals surface area (Å²) < 4.78 is 44.0. The van der Waals surface area contributed by atoms with E-state index in [9.17, 15) is 13.2 Å². The number of aromatic nitrogens is 1. The summed E-state index contributed by atoms with van der Waals surface area (Å²) in [5, 5.41) is 3.14. The second kappa shape index (κ2) is 4.83. The van der Waals surface area contributed by atoms with Gasteiger partial charge in [-0.15, -0.1) is 0 Å². The van der Waals surface area contributed by atoms with Gasteiger partial charge in [0.15, 0.2) is 0 Å². The fourth-order valence-corrected chi connectivity index (χ4v) is 1.72. The van der Waals surface area contributed by atoms with E-state index < -0.39 is 11.7 Å². The highest BCUT2D eigenvalue weighted by molar-refractivity contribution is 5.85. The lowest BCUT2D eigenvalue weighted by molar-refractivity contribution is -0.136. The Morgan fingerprint density at radius 1 is 1.32 bits per heavy atom. The van der Waals surface area contributed by atoms with E-state index in [1.54, 1.807) is 6.92 Å². The van der Waals surface area contributed by atoms with E-state index >= 15 is 0 Å². The van der Waals surface area contributed by atoms with Gasteiger partial charge in [-0.25, -0.2) is 10.5 Å². The largest absolute Gasteiger partial charge is 0.478 e. The smallest absolute Gasteiger partial charge is 0.417 e. The van der Waals surface area contributed by atoms with Gasteiger partial charge in [0.2, 0.25) is 5.88 Å². The summed E-state index contributed by atoms with van der Waals surface area (Å²) in [5.74, 6) is -0.0931. The van der Waals surface area contributed by atoms with Crippen LogP contribution in [0.15, 0.2) is 29.4 Å². The van der Waals surface area contributed by atoms with Crippen LogP contribution in [0, 0.1) is 5.53 Å². The van der Waals surface area contributed by atoms with Crippen molar-refractivity contribution in [2.75, 3.05) is 6.61 Å². The maximum atomic E-state index is 13.0. The van der Waals surface area contributed by atoms with Crippen LogP contribution in [0.3, 0.4) is 0 Å². The van der Waals surface area contributed by atoms with Gasteiger partial charge >= 0.3 is 6.18 Å². The van der Waals surface area contributed by atoms with Crippen LogP contribution in [0.5, 0.6) is 5.88 Å². The third kappa shape index (κ3) is 2.64. The molecule has 1 heterocycles. The van der Waals surface area contributed by atoms with E-state index in [0.29, 0.717) is 0 Å². The third-order valence-corrected chi connectivity index (χ3v) is 2.50. The molecule has 19 heavy (non-hydrogen) atoms. The molecule has 0 unspecified atom stereocenters. The molecule has 0 aliphatic carbocycles. The number of benzene rings is 1. The zero-order chi connectivity index (χ0) is 14.0. The van der Waals surface area contributed by atoms with Crippen LogP contribution >= 0.6 is 0 Å². The van der Waals surface area contributed by atoms with Gasteiger partial charge in [-0.05, 0) is 25.1 Å². The van der Waals surface area contributed by atoms with E-state index in [1.807, 2.05) is 0 Å². The maximum absolute atomic E-state index is 13.0. The van der Waals surface area contributed by atoms with Crippen molar-refractivity contribution in [3.63, 3.8) is 0 Å². The lowest BCUT2D eigenvalue weighted by Crippen LogP contribution is -2.07. The molecule has 7 heteroatoms. The summed E-state index contributed by atoms with van der Waals surface area (Å²) in [4.78, 5) is 3.98. The Hall–Kier alpha value is -2.18. The Morgan fingerprint density at radius 3 is 2.63 bits per heavy atom. The van der Waals surface area contributed by atoms with Gasteiger partial charge in [-0.1, -0.05) is 0 Å². The molecule has 1 aromatic heterocycles. The number of rotatable bonds is 3. The van der Waals surface area contributed by atoms with Gasteiger partial charge in [-0.3, -0.25) is 0 Å². The molecule has 0 bridgehead atoms. The average Bonchev–Trinajstić information content (AvgIpc) is 2.36. The van der Waals surface area contributed by atoms with Gasteiger partial charge < -0.3 is 4.74 Å². The Morgan fingerprint density at radius 2 is 2.05 bits per heavy atom. The van der Waals surface area contributed by atoms with Crippen molar-refractivity contribution >= 4 is 16.6 Å². The molecule has 4 nitrogen and oxygen atoms in total. The summed E-state index contributed by atoms with van der Waals surface area (Å²) in [6.07, 6.45) is -4.49. The van der Waals surface area contributed by atoms with E-state index in [0.717, 1.165) is 6.07 Å². The molecule has 0 aliphatic heterocycles. The highest BCUT2D eigenvalue weighted by Crippen LogP contribution is 2.37. The van der Waals surface area contributed by atoms with Gasteiger partial charge in [0.25, 0.3) is 0 Å². The van der Waals surface area contributed by atoms with Crippen LogP contribution < -0.4 is 4.74 Å². The Balaban J connectivity index is 2.73. The number of ether oxygens (including phenoxy) is 1. The van der Waals surface area contributed by atoms with Crippen LogP contribution in [0.2, 0.25) is 0 Å². The van der Waals surface area contributed by atoms with Crippen LogP contribution in [-0.2, 0) is 6.18 Å². The van der Waals surface area contributed by atoms with Crippen LogP contribution in [0.1, 0.15) is 12.5 Å². The molecule has 0 saturated carbocycles. The second-order valence-electron chi connectivity index (χ2n) is 3.75. The van der Waals surface area contributed by atoms with Gasteiger partial charge in [0.05, 0.1) is 23.4 Å². The summed E-state index contributed by atoms with van der Waals surface area (Å²) in [7, 11) is 0. The number of pyridine rings is 1. The normalized spacial score (nSPS) is 11.6. The summed E-state index contributed by atoms with van der Waals surface area (Å²) in [5.41, 5.74) is 6.41. The van der Waals surface area contributed by atoms with Gasteiger partial charge in [0.1, 0.15) is 0 Å². The molecule has 0 aliphatic rings. The summed E-state index contributed by atoms with van der Waals surface area (Å²) >= 11 is 0. The van der Waals surface area contributed by atoms with Gasteiger partial charge in [0, 0.05) is 11.5 Å². The topological polar surface area (TPSA) is 58.3 Å². The minimum Gasteiger partial charge on any atom is -0.478 e. The molecule has 2 rings (SSSR count). The first kappa shape index (κ1) is 13.3. The summed E-state index contributed by atoms with van der Waals surface area (Å²) in [6.45, 7) is 1.88. The number of fused-ring (bicyclic) bond motifs is 1. The molecule has 100 valence electrons. The van der Waals surface area contributed by atoms with Crippen molar-refractivity contribution in [3.8, 4) is 5.88 Å². The zero-order valence-corrected chi connectivity index (χ0v) is 9.95. The number of halogens is 3. The predicted octanol–water partition coefficient (Wildman–Crippen LogP) is 4.31. The monoisotopic (exact) mass is 269 g/mol. The molecule has 0 fully saturated rings. The fraction of sp³-hybridized carbons (Fsp3) is 0.250. The van der Waals surface area contributed by atoms with Crippen LogP contribution in [0.4, 0.5) is 18.9 Å². The van der Waals surface area contributed by atoms with E-state index in [1.165, 1.54) is 18.2 Å². The molecule has 0 spiro atoms. The Labute approximate surface area is 106 Å². The lowest BCUT2D eigenvalue weighted by atomic mass is 10.1. The second-order valence-corrected chi connectivity index (χ2v) is 3.75. The molecule has 2 aromatic rings. The lowest BCUT2D eigenvalue weighted by Gasteiger charge is -2.12. The predicted molar refractivity (Wildman–Crippen MR) is 62.7 cm³/mol. The van der Waals surface area contributed by atoms with E-state index in [4.69, 9.17) is 10.3 Å². The Bertz CT molecular complexity index is 625. The minimum absolute atomic E-state index is 0.0386. The highest BCUT2D eigenvalue weighted by Gasteiger charge is 2.33. The van der Waals surface area contributed by atoms with E-state index in [-0.39, 0.29) is 29.1 Å². The Kier molecular flexibility index (Phi) is 3.37. The number of alkyl halides is 3. The first-order valence-electron chi connectivity index (χ1n) is 5.48.